The molecule has 0 saturated carbocycles. The molecule has 0 aliphatic carbocycles. The molecule has 3 aromatic carbocycles. The molecule has 7 nitrogen and oxygen atoms in total. The summed E-state index contributed by atoms with van der Waals surface area (Å²) >= 11 is 0. The highest BCUT2D eigenvalue weighted by molar-refractivity contribution is 7.90. The molecule has 1 aliphatic rings. The maximum absolute atomic E-state index is 15.0. The van der Waals surface area contributed by atoms with Gasteiger partial charge >= 0.3 is 0 Å². The molecule has 2 heterocycles. The van der Waals surface area contributed by atoms with E-state index in [9.17, 15) is 18.3 Å². The smallest absolute Gasteiger partial charge is 0.254 e. The van der Waals surface area contributed by atoms with Crippen LogP contribution in [0.1, 0.15) is 28.4 Å². The molecule has 9 heteroatoms. The summed E-state index contributed by atoms with van der Waals surface area (Å²) in [5, 5.41) is 11.5. The van der Waals surface area contributed by atoms with E-state index in [1.165, 1.54) is 6.07 Å². The van der Waals surface area contributed by atoms with Crippen molar-refractivity contribution in [1.29, 1.82) is 0 Å². The van der Waals surface area contributed by atoms with Gasteiger partial charge in [-0.15, -0.1) is 0 Å². The molecule has 1 aliphatic heterocycles. The lowest BCUT2D eigenvalue weighted by Gasteiger charge is -2.22. The van der Waals surface area contributed by atoms with E-state index in [1.54, 1.807) is 18.0 Å². The van der Waals surface area contributed by atoms with Crippen LogP contribution in [-0.2, 0) is 22.8 Å². The Kier molecular flexibility index (Phi) is 5.96. The molecular formula is C27H25FN2O5S. The lowest BCUT2D eigenvalue weighted by atomic mass is 10.00. The Labute approximate surface area is 208 Å². The van der Waals surface area contributed by atoms with E-state index in [0.29, 0.717) is 12.3 Å². The fourth-order valence-corrected chi connectivity index (χ4v) is 5.41. The first kappa shape index (κ1) is 23.9. The van der Waals surface area contributed by atoms with Crippen LogP contribution in [-0.4, -0.2) is 48.7 Å². The van der Waals surface area contributed by atoms with Crippen LogP contribution in [0.2, 0.25) is 0 Å². The number of aromatic hydroxyl groups is 1. The minimum absolute atomic E-state index is 0.0881. The molecule has 186 valence electrons. The lowest BCUT2D eigenvalue weighted by Crippen LogP contribution is -2.33. The second-order valence-corrected chi connectivity index (χ2v) is 10.9. The predicted molar refractivity (Wildman–Crippen MR) is 135 cm³/mol. The molecule has 5 rings (SSSR count). The molecule has 1 aromatic heterocycles. The van der Waals surface area contributed by atoms with Crippen molar-refractivity contribution in [3.63, 3.8) is 0 Å². The van der Waals surface area contributed by atoms with Crippen LogP contribution in [0.5, 0.6) is 11.6 Å². The van der Waals surface area contributed by atoms with Gasteiger partial charge < -0.3 is 19.7 Å². The average molecular weight is 509 g/mol. The Morgan fingerprint density at radius 3 is 2.64 bits per heavy atom. The molecule has 1 amide bonds. The first-order valence-electron chi connectivity index (χ1n) is 11.5. The Hall–Kier alpha value is -3.85. The van der Waals surface area contributed by atoms with Gasteiger partial charge in [0.25, 0.3) is 5.91 Å². The fraction of sp³-hybridized carbons (Fsp3) is 0.222. The van der Waals surface area contributed by atoms with E-state index in [4.69, 9.17) is 4.74 Å². The van der Waals surface area contributed by atoms with Gasteiger partial charge in [-0.1, -0.05) is 19.1 Å². The van der Waals surface area contributed by atoms with Crippen molar-refractivity contribution in [3.05, 3.63) is 77.2 Å². The number of rotatable bonds is 4. The number of aromatic amines is 1. The van der Waals surface area contributed by atoms with Crippen LogP contribution >= 0.6 is 0 Å². The number of ether oxygens (including phenoxy) is 1. The molecule has 0 radical (unpaired) electrons. The number of carbonyl (C=O) groups excluding carboxylic acids is 1. The first-order chi connectivity index (χ1) is 17.2. The quantitative estimate of drug-likeness (QED) is 0.417. The highest BCUT2D eigenvalue weighted by Crippen LogP contribution is 2.33. The molecular weight excluding hydrogens is 483 g/mol. The number of H-pyrrole nitrogens is 1. The number of nitrogens with one attached hydrogen (secondary N) is 1. The third-order valence-electron chi connectivity index (χ3n) is 6.52. The van der Waals surface area contributed by atoms with E-state index in [0.717, 1.165) is 39.8 Å². The number of fused-ring (bicyclic) bond motifs is 2. The van der Waals surface area contributed by atoms with Gasteiger partial charge in [-0.2, -0.15) is 0 Å². The van der Waals surface area contributed by atoms with Crippen molar-refractivity contribution in [1.82, 2.24) is 9.88 Å². The monoisotopic (exact) mass is 508 g/mol. The third kappa shape index (κ3) is 4.19. The highest BCUT2D eigenvalue weighted by atomic mass is 32.2. The number of carbonyl (C=O) groups is 1. The Morgan fingerprint density at radius 1 is 1.14 bits per heavy atom. The summed E-state index contributed by atoms with van der Waals surface area (Å²) in [7, 11) is -3.76. The summed E-state index contributed by atoms with van der Waals surface area (Å²) in [6, 6.07) is 14.1. The highest BCUT2D eigenvalue weighted by Gasteiger charge is 2.27. The number of aromatic nitrogens is 1. The summed E-state index contributed by atoms with van der Waals surface area (Å²) < 4.78 is 44.8. The van der Waals surface area contributed by atoms with E-state index in [2.05, 4.69) is 4.98 Å². The number of nitrogens with zero attached hydrogens (tertiary/aromatic N) is 1. The standard InChI is InChI=1S/C27H25FN2O5S/c1-3-20-22(7-9-24(25(20)28)36(2,33)34)27(32)30-10-11-35-23-8-5-17(13-19(23)15-30)16-4-6-21-18(12-16)14-29-26(21)31/h4-9,12-14,29,31H,3,10-11,15H2,1-2H3. The predicted octanol–water partition coefficient (Wildman–Crippen LogP) is 4.68. The SMILES string of the molecule is CCc1c(C(=O)N2CCOc3ccc(-c4ccc5c(O)[nH]cc5c4)cc3C2)ccc(S(C)(=O)=O)c1F. The van der Waals surface area contributed by atoms with Crippen molar-refractivity contribution in [2.75, 3.05) is 19.4 Å². The Morgan fingerprint density at radius 2 is 1.89 bits per heavy atom. The Balaban J connectivity index is 1.48. The van der Waals surface area contributed by atoms with Crippen LogP contribution < -0.4 is 4.74 Å². The molecule has 0 bridgehead atoms. The average Bonchev–Trinajstić information content (AvgIpc) is 3.08. The summed E-state index contributed by atoms with van der Waals surface area (Å²) in [5.41, 5.74) is 2.91. The largest absolute Gasteiger partial charge is 0.494 e. The van der Waals surface area contributed by atoms with Gasteiger partial charge in [0.2, 0.25) is 0 Å². The maximum atomic E-state index is 15.0. The Bertz CT molecular complexity index is 1610. The zero-order valence-electron chi connectivity index (χ0n) is 19.8. The number of sulfone groups is 1. The van der Waals surface area contributed by atoms with Gasteiger partial charge in [0.05, 0.1) is 6.54 Å². The van der Waals surface area contributed by atoms with E-state index < -0.39 is 20.5 Å². The molecule has 0 atom stereocenters. The number of hydrogen-bond donors (Lipinski definition) is 2. The van der Waals surface area contributed by atoms with Crippen LogP contribution in [0.3, 0.4) is 0 Å². The molecule has 0 unspecified atom stereocenters. The van der Waals surface area contributed by atoms with Gasteiger partial charge in [-0.3, -0.25) is 4.79 Å². The van der Waals surface area contributed by atoms with E-state index >= 15 is 4.39 Å². The molecule has 0 fully saturated rings. The zero-order chi connectivity index (χ0) is 25.6. The van der Waals surface area contributed by atoms with Crippen LogP contribution in [0, 0.1) is 5.82 Å². The summed E-state index contributed by atoms with van der Waals surface area (Å²) in [6.45, 7) is 2.53. The van der Waals surface area contributed by atoms with Crippen molar-refractivity contribution in [2.45, 2.75) is 24.8 Å². The number of halogens is 1. The van der Waals surface area contributed by atoms with Gasteiger partial charge in [-0.25, -0.2) is 12.8 Å². The fourth-order valence-electron chi connectivity index (χ4n) is 4.65. The van der Waals surface area contributed by atoms with Crippen molar-refractivity contribution in [3.8, 4) is 22.8 Å². The first-order valence-corrected chi connectivity index (χ1v) is 13.4. The molecule has 0 spiro atoms. The summed E-state index contributed by atoms with van der Waals surface area (Å²) in [6.07, 6.45) is 2.86. The second-order valence-electron chi connectivity index (χ2n) is 8.87. The van der Waals surface area contributed by atoms with Crippen LogP contribution in [0.15, 0.2) is 59.6 Å². The minimum Gasteiger partial charge on any atom is -0.494 e. The van der Waals surface area contributed by atoms with Crippen molar-refractivity contribution in [2.24, 2.45) is 0 Å². The molecule has 36 heavy (non-hydrogen) atoms. The molecule has 2 N–H and O–H groups in total. The van der Waals surface area contributed by atoms with E-state index in [-0.39, 0.29) is 42.5 Å². The lowest BCUT2D eigenvalue weighted by molar-refractivity contribution is 0.0731. The van der Waals surface area contributed by atoms with Gasteiger partial charge in [0.15, 0.2) is 15.7 Å². The normalized spacial score (nSPS) is 13.8. The van der Waals surface area contributed by atoms with Crippen molar-refractivity contribution < 1.29 is 27.4 Å². The van der Waals surface area contributed by atoms with Gasteiger partial charge in [-0.05, 0) is 53.9 Å². The van der Waals surface area contributed by atoms with Gasteiger partial charge in [0, 0.05) is 46.5 Å². The summed E-state index contributed by atoms with van der Waals surface area (Å²) in [5.74, 6) is -0.458. The van der Waals surface area contributed by atoms with Crippen molar-refractivity contribution >= 4 is 26.5 Å². The zero-order valence-corrected chi connectivity index (χ0v) is 20.7. The van der Waals surface area contributed by atoms with Crippen LogP contribution in [0.25, 0.3) is 21.9 Å². The third-order valence-corrected chi connectivity index (χ3v) is 7.64. The van der Waals surface area contributed by atoms with Crippen LogP contribution in [0.4, 0.5) is 4.39 Å². The minimum atomic E-state index is -3.76. The second kappa shape index (κ2) is 8.98. The topological polar surface area (TPSA) is 99.7 Å². The number of amides is 1. The molecule has 4 aromatic rings. The number of benzene rings is 3. The number of hydrogen-bond acceptors (Lipinski definition) is 5. The summed E-state index contributed by atoms with van der Waals surface area (Å²) in [4.78, 5) is 17.5. The van der Waals surface area contributed by atoms with E-state index in [1.807, 2.05) is 36.4 Å². The van der Waals surface area contributed by atoms with Gasteiger partial charge in [0.1, 0.15) is 23.1 Å². The molecule has 0 saturated heterocycles. The maximum Gasteiger partial charge on any atom is 0.254 e.